The fraction of sp³-hybridized carbons (Fsp3) is 0. The Labute approximate surface area is 148 Å². The zero-order valence-corrected chi connectivity index (χ0v) is 14.4. The summed E-state index contributed by atoms with van der Waals surface area (Å²) in [6.45, 7) is 0. The smallest absolute Gasteiger partial charge is 0.154 e. The Kier molecular flexibility index (Phi) is 4.01. The second-order valence-corrected chi connectivity index (χ2v) is 6.37. The topological polar surface area (TPSA) is 22.1 Å². The van der Waals surface area contributed by atoms with E-state index in [0.717, 1.165) is 38.1 Å². The highest BCUT2D eigenvalue weighted by atomic mass is 79.9. The quantitative estimate of drug-likeness (QED) is 0.410. The molecular formula is C21H14BrNO. The fourth-order valence-electron chi connectivity index (χ4n) is 2.60. The molecule has 0 unspecified atom stereocenters. The van der Waals surface area contributed by atoms with Crippen LogP contribution in [0.25, 0.3) is 22.2 Å². The number of hydrogen-bond acceptors (Lipinski definition) is 2. The van der Waals surface area contributed by atoms with Gasteiger partial charge in [-0.1, -0.05) is 64.5 Å². The van der Waals surface area contributed by atoms with Gasteiger partial charge in [0.2, 0.25) is 0 Å². The molecule has 4 rings (SSSR count). The summed E-state index contributed by atoms with van der Waals surface area (Å²) in [5.74, 6) is 1.55. The van der Waals surface area contributed by atoms with E-state index in [0.29, 0.717) is 0 Å². The number of halogens is 1. The number of ether oxygens (including phenoxy) is 1. The minimum atomic E-state index is 0.752. The first kappa shape index (κ1) is 14.9. The molecular weight excluding hydrogens is 362 g/mol. The lowest BCUT2D eigenvalue weighted by Gasteiger charge is -2.12. The average Bonchev–Trinajstić information content (AvgIpc) is 2.63. The molecule has 0 N–H and O–H groups in total. The molecule has 24 heavy (non-hydrogen) atoms. The first-order valence-corrected chi connectivity index (χ1v) is 8.47. The average molecular weight is 376 g/mol. The van der Waals surface area contributed by atoms with Crippen LogP contribution in [-0.2, 0) is 0 Å². The molecule has 0 saturated heterocycles. The van der Waals surface area contributed by atoms with Crippen LogP contribution < -0.4 is 4.74 Å². The van der Waals surface area contributed by atoms with Crippen molar-refractivity contribution in [3.8, 4) is 22.8 Å². The summed E-state index contributed by atoms with van der Waals surface area (Å²) in [6.07, 6.45) is 0. The fourth-order valence-corrected chi connectivity index (χ4v) is 2.87. The summed E-state index contributed by atoms with van der Waals surface area (Å²) < 4.78 is 7.17. The van der Waals surface area contributed by atoms with Gasteiger partial charge in [0.25, 0.3) is 0 Å². The van der Waals surface area contributed by atoms with E-state index in [1.807, 2.05) is 84.9 Å². The molecule has 2 nitrogen and oxygen atoms in total. The van der Waals surface area contributed by atoms with Crippen LogP contribution in [0.1, 0.15) is 0 Å². The summed E-state index contributed by atoms with van der Waals surface area (Å²) in [5, 5.41) is 1.06. The molecule has 0 saturated carbocycles. The van der Waals surface area contributed by atoms with E-state index in [2.05, 4.69) is 15.9 Å². The van der Waals surface area contributed by atoms with Gasteiger partial charge in [0.15, 0.2) is 5.75 Å². The molecule has 0 aliphatic rings. The Bertz CT molecular complexity index is 982. The Morgan fingerprint density at radius 3 is 2.25 bits per heavy atom. The largest absolute Gasteiger partial charge is 0.455 e. The molecule has 0 aliphatic carbocycles. The van der Waals surface area contributed by atoms with Crippen LogP contribution >= 0.6 is 15.9 Å². The lowest BCUT2D eigenvalue weighted by Crippen LogP contribution is -1.93. The van der Waals surface area contributed by atoms with E-state index in [1.165, 1.54) is 0 Å². The molecule has 1 aromatic heterocycles. The number of fused-ring (bicyclic) bond motifs is 1. The van der Waals surface area contributed by atoms with Crippen molar-refractivity contribution in [1.82, 2.24) is 4.98 Å². The van der Waals surface area contributed by atoms with Crippen LogP contribution in [0.4, 0.5) is 0 Å². The lowest BCUT2D eigenvalue weighted by atomic mass is 10.1. The Hall–Kier alpha value is -2.65. The van der Waals surface area contributed by atoms with Gasteiger partial charge in [-0.05, 0) is 36.4 Å². The SMILES string of the molecule is Brc1ccc(-c2nc3ccccc3cc2Oc2ccccc2)cc1. The molecule has 4 aromatic rings. The van der Waals surface area contributed by atoms with E-state index in [4.69, 9.17) is 9.72 Å². The normalized spacial score (nSPS) is 10.7. The van der Waals surface area contributed by atoms with Crippen molar-refractivity contribution in [2.24, 2.45) is 0 Å². The third kappa shape index (κ3) is 3.03. The predicted molar refractivity (Wildman–Crippen MR) is 101 cm³/mol. The van der Waals surface area contributed by atoms with E-state index in [9.17, 15) is 0 Å². The highest BCUT2D eigenvalue weighted by molar-refractivity contribution is 9.10. The van der Waals surface area contributed by atoms with Crippen molar-refractivity contribution in [1.29, 1.82) is 0 Å². The van der Waals surface area contributed by atoms with E-state index in [1.54, 1.807) is 0 Å². The van der Waals surface area contributed by atoms with E-state index < -0.39 is 0 Å². The third-order valence-electron chi connectivity index (χ3n) is 3.78. The molecule has 116 valence electrons. The molecule has 0 radical (unpaired) electrons. The van der Waals surface area contributed by atoms with Crippen LogP contribution in [0.15, 0.2) is 89.4 Å². The number of benzene rings is 3. The Balaban J connectivity index is 1.88. The van der Waals surface area contributed by atoms with Gasteiger partial charge in [-0.3, -0.25) is 0 Å². The number of rotatable bonds is 3. The van der Waals surface area contributed by atoms with Crippen LogP contribution in [0, 0.1) is 0 Å². The number of pyridine rings is 1. The van der Waals surface area contributed by atoms with Crippen molar-refractivity contribution in [2.75, 3.05) is 0 Å². The maximum atomic E-state index is 6.13. The van der Waals surface area contributed by atoms with Gasteiger partial charge in [-0.2, -0.15) is 0 Å². The predicted octanol–water partition coefficient (Wildman–Crippen LogP) is 6.46. The molecule has 0 bridgehead atoms. The maximum absolute atomic E-state index is 6.13. The monoisotopic (exact) mass is 375 g/mol. The Morgan fingerprint density at radius 1 is 0.750 bits per heavy atom. The van der Waals surface area contributed by atoms with Crippen LogP contribution in [0.5, 0.6) is 11.5 Å². The highest BCUT2D eigenvalue weighted by Gasteiger charge is 2.11. The molecule has 0 aliphatic heterocycles. The lowest BCUT2D eigenvalue weighted by molar-refractivity contribution is 0.483. The molecule has 0 fully saturated rings. The molecule has 1 heterocycles. The molecule has 3 heteroatoms. The van der Waals surface area contributed by atoms with Gasteiger partial charge in [-0.15, -0.1) is 0 Å². The van der Waals surface area contributed by atoms with Crippen molar-refractivity contribution in [3.05, 3.63) is 89.4 Å². The zero-order valence-electron chi connectivity index (χ0n) is 12.8. The van der Waals surface area contributed by atoms with Crippen molar-refractivity contribution >= 4 is 26.8 Å². The Morgan fingerprint density at radius 2 is 1.46 bits per heavy atom. The number of nitrogens with zero attached hydrogens (tertiary/aromatic N) is 1. The maximum Gasteiger partial charge on any atom is 0.154 e. The standard InChI is InChI=1S/C21H14BrNO/c22-17-12-10-15(11-13-17)21-20(24-18-7-2-1-3-8-18)14-16-6-4-5-9-19(16)23-21/h1-14H. The highest BCUT2D eigenvalue weighted by Crippen LogP contribution is 2.35. The van der Waals surface area contributed by atoms with Crippen LogP contribution in [0.3, 0.4) is 0 Å². The number of para-hydroxylation sites is 2. The summed E-state index contributed by atoms with van der Waals surface area (Å²) in [6, 6.07) is 28.0. The summed E-state index contributed by atoms with van der Waals surface area (Å²) in [5.41, 5.74) is 2.82. The van der Waals surface area contributed by atoms with Gasteiger partial charge in [0, 0.05) is 15.4 Å². The minimum absolute atomic E-state index is 0.752. The summed E-state index contributed by atoms with van der Waals surface area (Å²) >= 11 is 3.48. The summed E-state index contributed by atoms with van der Waals surface area (Å²) in [7, 11) is 0. The van der Waals surface area contributed by atoms with Gasteiger partial charge < -0.3 is 4.74 Å². The van der Waals surface area contributed by atoms with Gasteiger partial charge in [0.1, 0.15) is 11.4 Å². The second-order valence-electron chi connectivity index (χ2n) is 5.45. The van der Waals surface area contributed by atoms with Crippen molar-refractivity contribution in [3.63, 3.8) is 0 Å². The van der Waals surface area contributed by atoms with E-state index >= 15 is 0 Å². The second kappa shape index (κ2) is 6.46. The van der Waals surface area contributed by atoms with Crippen LogP contribution in [0.2, 0.25) is 0 Å². The zero-order chi connectivity index (χ0) is 16.4. The minimum Gasteiger partial charge on any atom is -0.455 e. The molecule has 3 aromatic carbocycles. The van der Waals surface area contributed by atoms with Gasteiger partial charge >= 0.3 is 0 Å². The third-order valence-corrected chi connectivity index (χ3v) is 4.31. The first-order chi connectivity index (χ1) is 11.8. The number of hydrogen-bond donors (Lipinski definition) is 0. The van der Waals surface area contributed by atoms with Crippen molar-refractivity contribution in [2.45, 2.75) is 0 Å². The first-order valence-electron chi connectivity index (χ1n) is 7.68. The molecule has 0 spiro atoms. The van der Waals surface area contributed by atoms with Gasteiger partial charge in [0.05, 0.1) is 5.52 Å². The molecule has 0 amide bonds. The molecule has 0 atom stereocenters. The van der Waals surface area contributed by atoms with E-state index in [-0.39, 0.29) is 0 Å². The summed E-state index contributed by atoms with van der Waals surface area (Å²) in [4.78, 5) is 4.83. The van der Waals surface area contributed by atoms with Gasteiger partial charge in [-0.25, -0.2) is 4.98 Å². The van der Waals surface area contributed by atoms with Crippen LogP contribution in [-0.4, -0.2) is 4.98 Å². The number of aromatic nitrogens is 1. The van der Waals surface area contributed by atoms with Crippen molar-refractivity contribution < 1.29 is 4.74 Å².